The van der Waals surface area contributed by atoms with Crippen LogP contribution in [0.3, 0.4) is 0 Å². The minimum Gasteiger partial charge on any atom is -0.379 e. The molecule has 176 valence electrons. The zero-order valence-electron chi connectivity index (χ0n) is 19.3. The monoisotopic (exact) mass is 459 g/mol. The number of aromatic nitrogens is 4. The maximum absolute atomic E-state index is 13.2. The number of carbonyl (C=O) groups excluding carboxylic acids is 1. The number of anilines is 2. The van der Waals surface area contributed by atoms with Gasteiger partial charge in [-0.3, -0.25) is 19.1 Å². The van der Waals surface area contributed by atoms with Gasteiger partial charge in [0.05, 0.1) is 12.7 Å². The van der Waals surface area contributed by atoms with Crippen LogP contribution in [0.25, 0.3) is 10.9 Å². The quantitative estimate of drug-likeness (QED) is 0.290. The number of H-pyrrole nitrogens is 1. The lowest BCUT2D eigenvalue weighted by Gasteiger charge is -2.17. The number of benzene rings is 1. The number of rotatable bonds is 10. The van der Waals surface area contributed by atoms with Crippen molar-refractivity contribution in [2.45, 2.75) is 39.4 Å². The lowest BCUT2D eigenvalue weighted by atomic mass is 10.1. The lowest BCUT2D eigenvalue weighted by molar-refractivity contribution is -0.121. The highest BCUT2D eigenvalue weighted by Gasteiger charge is 2.15. The molecule has 0 saturated carbocycles. The van der Waals surface area contributed by atoms with E-state index in [1.54, 1.807) is 12.4 Å². The molecule has 0 fully saturated rings. The predicted molar refractivity (Wildman–Crippen MR) is 134 cm³/mol. The van der Waals surface area contributed by atoms with Crippen molar-refractivity contribution in [3.8, 4) is 0 Å². The summed E-state index contributed by atoms with van der Waals surface area (Å²) in [6, 6.07) is 13.9. The summed E-state index contributed by atoms with van der Waals surface area (Å²) in [6.45, 7) is 4.66. The second-order valence-electron chi connectivity index (χ2n) is 8.38. The van der Waals surface area contributed by atoms with Crippen molar-refractivity contribution in [1.82, 2.24) is 24.8 Å². The van der Waals surface area contributed by atoms with E-state index >= 15 is 0 Å². The number of hydrogen-bond donors (Lipinski definition) is 4. The van der Waals surface area contributed by atoms with Crippen molar-refractivity contribution in [3.63, 3.8) is 0 Å². The van der Waals surface area contributed by atoms with Gasteiger partial charge in [-0.1, -0.05) is 30.3 Å². The second-order valence-corrected chi connectivity index (χ2v) is 8.38. The average Bonchev–Trinajstić information content (AvgIpc) is 3.25. The van der Waals surface area contributed by atoms with Gasteiger partial charge in [0.25, 0.3) is 5.56 Å². The molecule has 0 aliphatic rings. The summed E-state index contributed by atoms with van der Waals surface area (Å²) in [7, 11) is 0. The van der Waals surface area contributed by atoms with Crippen LogP contribution >= 0.6 is 0 Å². The third kappa shape index (κ3) is 5.80. The van der Waals surface area contributed by atoms with Crippen LogP contribution < -0.4 is 21.5 Å². The molecule has 0 saturated heterocycles. The largest absolute Gasteiger partial charge is 0.379 e. The smallest absolute Gasteiger partial charge is 0.278 e. The highest BCUT2D eigenvalue weighted by Crippen LogP contribution is 2.13. The normalized spacial score (nSPS) is 11.0. The number of aromatic amines is 1. The summed E-state index contributed by atoms with van der Waals surface area (Å²) in [5.74, 6) is 0.0781. The molecule has 3 heterocycles. The van der Waals surface area contributed by atoms with Gasteiger partial charge in [0.1, 0.15) is 12.2 Å². The van der Waals surface area contributed by atoms with E-state index in [1.165, 1.54) is 16.3 Å². The van der Waals surface area contributed by atoms with Crippen LogP contribution in [0.4, 0.5) is 11.6 Å². The molecule has 0 aliphatic carbocycles. The van der Waals surface area contributed by atoms with Crippen LogP contribution in [0.1, 0.15) is 25.1 Å². The average molecular weight is 460 g/mol. The van der Waals surface area contributed by atoms with Crippen LogP contribution in [-0.2, 0) is 24.3 Å². The minimum atomic E-state index is -0.293. The topological polar surface area (TPSA) is 117 Å². The van der Waals surface area contributed by atoms with Gasteiger partial charge in [-0.15, -0.1) is 0 Å². The van der Waals surface area contributed by atoms with Crippen LogP contribution in [-0.4, -0.2) is 38.0 Å². The fraction of sp³-hybridized carbons (Fsp3) is 0.280. The number of fused-ring (bicyclic) bond motifs is 1. The summed E-state index contributed by atoms with van der Waals surface area (Å²) in [5.41, 5.74) is 3.06. The van der Waals surface area contributed by atoms with Gasteiger partial charge in [0, 0.05) is 41.6 Å². The first kappa shape index (κ1) is 23.0. The minimum absolute atomic E-state index is 0.0538. The second kappa shape index (κ2) is 10.7. The number of nitrogens with one attached hydrogen (secondary N) is 4. The molecule has 0 unspecified atom stereocenters. The number of nitrogens with zero attached hydrogens (tertiary/aromatic N) is 3. The summed E-state index contributed by atoms with van der Waals surface area (Å²) in [5, 5.41) is 10.2. The SMILES string of the molecule is CC(C)Nc1ncc(NCCc2ccccc2)c(=O)n1CC(=O)NCc1cc2cnccc2[nH]1. The molecular formula is C25H29N7O2. The van der Waals surface area contributed by atoms with E-state index in [1.807, 2.05) is 56.3 Å². The van der Waals surface area contributed by atoms with E-state index < -0.39 is 0 Å². The first-order chi connectivity index (χ1) is 16.5. The first-order valence-corrected chi connectivity index (χ1v) is 11.3. The van der Waals surface area contributed by atoms with Crippen molar-refractivity contribution in [2.24, 2.45) is 0 Å². The van der Waals surface area contributed by atoms with Crippen molar-refractivity contribution in [3.05, 3.63) is 82.7 Å². The fourth-order valence-corrected chi connectivity index (χ4v) is 3.64. The Morgan fingerprint density at radius 1 is 1.15 bits per heavy atom. The zero-order chi connectivity index (χ0) is 23.9. The Labute approximate surface area is 197 Å². The van der Waals surface area contributed by atoms with Gasteiger partial charge in [0.2, 0.25) is 11.9 Å². The highest BCUT2D eigenvalue weighted by atomic mass is 16.2. The molecule has 0 bridgehead atoms. The molecule has 4 rings (SSSR count). The van der Waals surface area contributed by atoms with Gasteiger partial charge in [-0.25, -0.2) is 4.98 Å². The maximum Gasteiger partial charge on any atom is 0.278 e. The van der Waals surface area contributed by atoms with E-state index in [4.69, 9.17) is 0 Å². The summed E-state index contributed by atoms with van der Waals surface area (Å²) < 4.78 is 1.37. The summed E-state index contributed by atoms with van der Waals surface area (Å²) in [4.78, 5) is 37.7. The van der Waals surface area contributed by atoms with Crippen LogP contribution in [0.2, 0.25) is 0 Å². The molecule has 0 spiro atoms. The number of hydrogen-bond acceptors (Lipinski definition) is 6. The Hall–Kier alpha value is -4.14. The number of carbonyl (C=O) groups is 1. The van der Waals surface area contributed by atoms with Crippen LogP contribution in [0.15, 0.2) is 65.8 Å². The molecule has 1 aromatic carbocycles. The Morgan fingerprint density at radius 3 is 2.74 bits per heavy atom. The number of amides is 1. The molecule has 1 amide bonds. The Balaban J connectivity index is 1.44. The third-order valence-corrected chi connectivity index (χ3v) is 5.29. The molecule has 4 N–H and O–H groups in total. The van der Waals surface area contributed by atoms with Crippen molar-refractivity contribution in [1.29, 1.82) is 0 Å². The predicted octanol–water partition coefficient (Wildman–Crippen LogP) is 2.91. The Morgan fingerprint density at radius 2 is 1.97 bits per heavy atom. The molecule has 0 atom stereocenters. The first-order valence-electron chi connectivity index (χ1n) is 11.3. The van der Waals surface area contributed by atoms with Crippen molar-refractivity contribution in [2.75, 3.05) is 17.2 Å². The standard InChI is InChI=1S/C25H29N7O2/c1-17(2)30-25-29-15-22(27-11-8-18-6-4-3-5-7-18)24(34)32(25)16-23(33)28-14-20-12-19-13-26-10-9-21(19)31-20/h3-7,9-10,12-13,15,17,27,31H,8,11,14,16H2,1-2H3,(H,28,33)(H,29,30). The van der Waals surface area contributed by atoms with Crippen LogP contribution in [0, 0.1) is 0 Å². The van der Waals surface area contributed by atoms with Crippen molar-refractivity contribution < 1.29 is 4.79 Å². The molecule has 34 heavy (non-hydrogen) atoms. The molecule has 0 aliphatic heterocycles. The van der Waals surface area contributed by atoms with Gasteiger partial charge in [-0.05, 0) is 38.0 Å². The molecular weight excluding hydrogens is 430 g/mol. The third-order valence-electron chi connectivity index (χ3n) is 5.29. The van der Waals surface area contributed by atoms with Crippen LogP contribution in [0.5, 0.6) is 0 Å². The summed E-state index contributed by atoms with van der Waals surface area (Å²) in [6.07, 6.45) is 5.77. The maximum atomic E-state index is 13.2. The van der Waals surface area contributed by atoms with Gasteiger partial charge in [0.15, 0.2) is 0 Å². The van der Waals surface area contributed by atoms with Gasteiger partial charge >= 0.3 is 0 Å². The molecule has 3 aromatic heterocycles. The highest BCUT2D eigenvalue weighted by molar-refractivity contribution is 5.80. The van der Waals surface area contributed by atoms with E-state index in [9.17, 15) is 9.59 Å². The Kier molecular flexibility index (Phi) is 7.22. The molecule has 4 aromatic rings. The number of pyridine rings is 1. The molecule has 9 heteroatoms. The lowest BCUT2D eigenvalue weighted by Crippen LogP contribution is -2.35. The molecule has 9 nitrogen and oxygen atoms in total. The molecule has 0 radical (unpaired) electrons. The van der Waals surface area contributed by atoms with E-state index in [-0.39, 0.29) is 24.1 Å². The van der Waals surface area contributed by atoms with Crippen molar-refractivity contribution >= 4 is 28.4 Å². The van der Waals surface area contributed by atoms with E-state index in [0.717, 1.165) is 23.0 Å². The van der Waals surface area contributed by atoms with E-state index in [0.29, 0.717) is 24.7 Å². The van der Waals surface area contributed by atoms with Gasteiger partial charge < -0.3 is 20.9 Å². The Bertz CT molecular complexity index is 1280. The zero-order valence-corrected chi connectivity index (χ0v) is 19.3. The van der Waals surface area contributed by atoms with E-state index in [2.05, 4.69) is 30.9 Å². The summed E-state index contributed by atoms with van der Waals surface area (Å²) >= 11 is 0. The van der Waals surface area contributed by atoms with Gasteiger partial charge in [-0.2, -0.15) is 0 Å². The fourth-order valence-electron chi connectivity index (χ4n) is 3.64.